The van der Waals surface area contributed by atoms with Gasteiger partial charge in [0, 0.05) is 24.6 Å². The Morgan fingerprint density at radius 3 is 2.65 bits per heavy atom. The number of para-hydroxylation sites is 1. The predicted molar refractivity (Wildman–Crippen MR) is 138 cm³/mol. The highest BCUT2D eigenvalue weighted by Gasteiger charge is 2.23. The fourth-order valence-corrected chi connectivity index (χ4v) is 5.64. The van der Waals surface area contributed by atoms with Gasteiger partial charge in [0.2, 0.25) is 5.88 Å². The average molecular weight is 515 g/mol. The van der Waals surface area contributed by atoms with Crippen molar-refractivity contribution < 1.29 is 4.74 Å². The van der Waals surface area contributed by atoms with Crippen molar-refractivity contribution in [2.45, 2.75) is 25.2 Å². The molecular formula is C25H24Cl2N4O2S. The Kier molecular flexibility index (Phi) is 7.15. The lowest BCUT2D eigenvalue weighted by molar-refractivity contribution is 0.190. The molecular weight excluding hydrogens is 491 g/mol. The second-order valence-electron chi connectivity index (χ2n) is 8.36. The molecule has 0 saturated carbocycles. The summed E-state index contributed by atoms with van der Waals surface area (Å²) in [4.78, 5) is 19.6. The van der Waals surface area contributed by atoms with Gasteiger partial charge in [-0.3, -0.25) is 4.79 Å². The number of halogens is 2. The summed E-state index contributed by atoms with van der Waals surface area (Å²) >= 11 is 13.9. The summed E-state index contributed by atoms with van der Waals surface area (Å²) in [6, 6.07) is 16.4. The molecule has 1 aliphatic heterocycles. The highest BCUT2D eigenvalue weighted by molar-refractivity contribution is 7.18. The van der Waals surface area contributed by atoms with Crippen molar-refractivity contribution in [1.82, 2.24) is 19.7 Å². The van der Waals surface area contributed by atoms with Crippen LogP contribution < -0.4 is 10.3 Å². The van der Waals surface area contributed by atoms with Gasteiger partial charge in [-0.05, 0) is 62.7 Å². The van der Waals surface area contributed by atoms with Crippen LogP contribution in [-0.2, 0) is 0 Å². The third-order valence-electron chi connectivity index (χ3n) is 6.04. The van der Waals surface area contributed by atoms with Crippen molar-refractivity contribution in [2.75, 3.05) is 26.2 Å². The Hall–Kier alpha value is -2.45. The van der Waals surface area contributed by atoms with Crippen molar-refractivity contribution in [3.8, 4) is 11.6 Å². The monoisotopic (exact) mass is 514 g/mol. The van der Waals surface area contributed by atoms with Crippen molar-refractivity contribution in [3.63, 3.8) is 0 Å². The number of benzene rings is 2. The first-order valence-corrected chi connectivity index (χ1v) is 12.9. The number of aromatic nitrogens is 3. The minimum Gasteiger partial charge on any atom is -0.477 e. The van der Waals surface area contributed by atoms with E-state index in [1.54, 1.807) is 24.3 Å². The molecule has 0 bridgehead atoms. The number of piperidine rings is 1. The molecule has 0 spiro atoms. The minimum atomic E-state index is -0.262. The summed E-state index contributed by atoms with van der Waals surface area (Å²) in [5.41, 5.74) is 1.39. The van der Waals surface area contributed by atoms with Crippen LogP contribution in [0, 0.1) is 0 Å². The molecule has 0 aliphatic carbocycles. The number of hydrogen-bond donors (Lipinski definition) is 0. The summed E-state index contributed by atoms with van der Waals surface area (Å²) in [7, 11) is 0. The molecule has 2 aromatic heterocycles. The molecule has 1 aliphatic rings. The highest BCUT2D eigenvalue weighted by atomic mass is 35.5. The Labute approximate surface area is 211 Å². The van der Waals surface area contributed by atoms with E-state index in [0.29, 0.717) is 34.1 Å². The van der Waals surface area contributed by atoms with Gasteiger partial charge in [0.15, 0.2) is 0 Å². The lowest BCUT2D eigenvalue weighted by Crippen LogP contribution is -2.34. The maximum Gasteiger partial charge on any atom is 0.271 e. The molecule has 6 nitrogen and oxygen atoms in total. The van der Waals surface area contributed by atoms with E-state index >= 15 is 0 Å². The van der Waals surface area contributed by atoms with Gasteiger partial charge in [-0.2, -0.15) is 4.68 Å². The lowest BCUT2D eigenvalue weighted by Gasteiger charge is -2.30. The van der Waals surface area contributed by atoms with E-state index in [9.17, 15) is 4.79 Å². The van der Waals surface area contributed by atoms with Crippen molar-refractivity contribution in [2.24, 2.45) is 0 Å². The number of thiazole rings is 1. The molecule has 9 heteroatoms. The van der Waals surface area contributed by atoms with Crippen LogP contribution in [0.15, 0.2) is 59.4 Å². The van der Waals surface area contributed by atoms with Crippen LogP contribution in [0.5, 0.6) is 5.88 Å². The smallest absolute Gasteiger partial charge is 0.271 e. The van der Waals surface area contributed by atoms with Crippen molar-refractivity contribution in [1.29, 1.82) is 0 Å². The standard InChI is InChI=1S/C25H24Cl2N4O2S/c26-19-7-6-18(16-20(19)27)31-24(32)9-8-23(29-31)33-15-3-12-30-13-10-17(11-14-30)25-28-21-4-1-2-5-22(21)34-25/h1-2,4-9,16-17H,3,10-15H2. The van der Waals surface area contributed by atoms with Gasteiger partial charge in [0.1, 0.15) is 0 Å². The van der Waals surface area contributed by atoms with E-state index in [0.717, 1.165) is 44.4 Å². The van der Waals surface area contributed by atoms with Gasteiger partial charge in [-0.15, -0.1) is 16.4 Å². The number of hydrogen-bond acceptors (Lipinski definition) is 6. The predicted octanol–water partition coefficient (Wildman–Crippen LogP) is 5.80. The minimum absolute atomic E-state index is 0.262. The quantitative estimate of drug-likeness (QED) is 0.291. The largest absolute Gasteiger partial charge is 0.477 e. The molecule has 0 radical (unpaired) electrons. The van der Waals surface area contributed by atoms with Gasteiger partial charge < -0.3 is 9.64 Å². The van der Waals surface area contributed by atoms with Crippen LogP contribution >= 0.6 is 34.5 Å². The normalized spacial score (nSPS) is 15.1. The van der Waals surface area contributed by atoms with E-state index in [1.165, 1.54) is 20.5 Å². The summed E-state index contributed by atoms with van der Waals surface area (Å²) in [6.07, 6.45) is 3.16. The fraction of sp³-hybridized carbons (Fsp3) is 0.320. The zero-order chi connectivity index (χ0) is 23.5. The molecule has 1 saturated heterocycles. The summed E-state index contributed by atoms with van der Waals surface area (Å²) in [5, 5.41) is 6.38. The topological polar surface area (TPSA) is 60.2 Å². The van der Waals surface area contributed by atoms with Crippen LogP contribution in [-0.4, -0.2) is 45.9 Å². The number of fused-ring (bicyclic) bond motifs is 1. The molecule has 3 heterocycles. The molecule has 1 fully saturated rings. The van der Waals surface area contributed by atoms with Crippen LogP contribution in [0.25, 0.3) is 15.9 Å². The molecule has 34 heavy (non-hydrogen) atoms. The number of likely N-dealkylation sites (tertiary alicyclic amines) is 1. The van der Waals surface area contributed by atoms with Crippen molar-refractivity contribution >= 4 is 44.8 Å². The molecule has 176 valence electrons. The second-order valence-corrected chi connectivity index (χ2v) is 10.2. The van der Waals surface area contributed by atoms with Crippen LogP contribution in [0.1, 0.15) is 30.2 Å². The Morgan fingerprint density at radius 2 is 1.85 bits per heavy atom. The van der Waals surface area contributed by atoms with E-state index < -0.39 is 0 Å². The third-order valence-corrected chi connectivity index (χ3v) is 7.98. The van der Waals surface area contributed by atoms with E-state index in [4.69, 9.17) is 32.9 Å². The molecule has 0 unspecified atom stereocenters. The van der Waals surface area contributed by atoms with E-state index in [1.807, 2.05) is 17.4 Å². The number of nitrogens with zero attached hydrogens (tertiary/aromatic N) is 4. The molecule has 0 amide bonds. The Balaban J connectivity index is 1.10. The van der Waals surface area contributed by atoms with Crippen LogP contribution in [0.2, 0.25) is 10.0 Å². The maximum atomic E-state index is 12.2. The first-order chi connectivity index (χ1) is 16.6. The third kappa shape index (κ3) is 5.28. The summed E-state index contributed by atoms with van der Waals surface area (Å²) < 4.78 is 8.37. The zero-order valence-electron chi connectivity index (χ0n) is 18.5. The first kappa shape index (κ1) is 23.3. The van der Waals surface area contributed by atoms with E-state index in [-0.39, 0.29) is 5.56 Å². The van der Waals surface area contributed by atoms with Gasteiger partial charge in [0.05, 0.1) is 37.6 Å². The van der Waals surface area contributed by atoms with E-state index in [2.05, 4.69) is 28.2 Å². The van der Waals surface area contributed by atoms with Crippen LogP contribution in [0.3, 0.4) is 0 Å². The maximum absolute atomic E-state index is 12.2. The molecule has 4 aromatic rings. The van der Waals surface area contributed by atoms with Gasteiger partial charge in [-0.1, -0.05) is 35.3 Å². The zero-order valence-corrected chi connectivity index (χ0v) is 20.8. The van der Waals surface area contributed by atoms with Crippen LogP contribution in [0.4, 0.5) is 0 Å². The summed E-state index contributed by atoms with van der Waals surface area (Å²) in [5.74, 6) is 0.955. The van der Waals surface area contributed by atoms with Gasteiger partial charge in [-0.25, -0.2) is 4.98 Å². The molecule has 2 aromatic carbocycles. The summed E-state index contributed by atoms with van der Waals surface area (Å²) in [6.45, 7) is 3.64. The Bertz CT molecular complexity index is 1320. The molecule has 0 atom stereocenters. The lowest BCUT2D eigenvalue weighted by atomic mass is 9.97. The highest BCUT2D eigenvalue weighted by Crippen LogP contribution is 2.33. The molecule has 5 rings (SSSR count). The molecule has 0 N–H and O–H groups in total. The van der Waals surface area contributed by atoms with Crippen molar-refractivity contribution in [3.05, 3.63) is 80.0 Å². The second kappa shape index (κ2) is 10.4. The fourth-order valence-electron chi connectivity index (χ4n) is 4.21. The average Bonchev–Trinajstić information content (AvgIpc) is 3.29. The first-order valence-electron chi connectivity index (χ1n) is 11.3. The Morgan fingerprint density at radius 1 is 1.03 bits per heavy atom. The SMILES string of the molecule is O=c1ccc(OCCCN2CCC(c3nc4ccccc4s3)CC2)nn1-c1ccc(Cl)c(Cl)c1. The number of ether oxygens (including phenoxy) is 1. The van der Waals surface area contributed by atoms with Gasteiger partial charge >= 0.3 is 0 Å². The number of rotatable bonds is 7. The van der Waals surface area contributed by atoms with Gasteiger partial charge in [0.25, 0.3) is 5.56 Å².